The van der Waals surface area contributed by atoms with Gasteiger partial charge in [-0.05, 0) is 52.8 Å². The molecular formula is C10H11IO. The third-order valence-electron chi connectivity index (χ3n) is 1.70. The SMILES string of the molecule is CC(=CCO)c1ccc(I)cc1. The quantitative estimate of drug-likeness (QED) is 0.822. The third-order valence-corrected chi connectivity index (χ3v) is 2.42. The van der Waals surface area contributed by atoms with Crippen LogP contribution in [0.25, 0.3) is 5.57 Å². The van der Waals surface area contributed by atoms with Crippen LogP contribution < -0.4 is 0 Å². The van der Waals surface area contributed by atoms with Crippen LogP contribution in [0.2, 0.25) is 0 Å². The van der Waals surface area contributed by atoms with Crippen molar-refractivity contribution in [2.75, 3.05) is 6.61 Å². The van der Waals surface area contributed by atoms with Crippen molar-refractivity contribution in [2.24, 2.45) is 0 Å². The average molecular weight is 274 g/mol. The minimum atomic E-state index is 0.109. The second-order valence-electron chi connectivity index (χ2n) is 2.58. The minimum absolute atomic E-state index is 0.109. The first-order valence-corrected chi connectivity index (χ1v) is 4.85. The van der Waals surface area contributed by atoms with E-state index in [9.17, 15) is 0 Å². The van der Waals surface area contributed by atoms with E-state index in [-0.39, 0.29) is 6.61 Å². The fourth-order valence-corrected chi connectivity index (χ4v) is 1.33. The molecule has 0 saturated carbocycles. The number of benzene rings is 1. The summed E-state index contributed by atoms with van der Waals surface area (Å²) in [6.07, 6.45) is 1.81. The zero-order chi connectivity index (χ0) is 8.97. The van der Waals surface area contributed by atoms with Crippen molar-refractivity contribution in [3.8, 4) is 0 Å². The molecule has 2 heteroatoms. The molecular weight excluding hydrogens is 263 g/mol. The third kappa shape index (κ3) is 2.60. The van der Waals surface area contributed by atoms with Gasteiger partial charge in [0.2, 0.25) is 0 Å². The van der Waals surface area contributed by atoms with Gasteiger partial charge in [0.1, 0.15) is 0 Å². The molecule has 0 aliphatic heterocycles. The monoisotopic (exact) mass is 274 g/mol. The van der Waals surface area contributed by atoms with Crippen molar-refractivity contribution in [1.29, 1.82) is 0 Å². The predicted molar refractivity (Wildman–Crippen MR) is 59.9 cm³/mol. The molecule has 0 unspecified atom stereocenters. The number of allylic oxidation sites excluding steroid dienone is 1. The number of halogens is 1. The molecule has 0 fully saturated rings. The van der Waals surface area contributed by atoms with Crippen LogP contribution in [0, 0.1) is 3.57 Å². The maximum Gasteiger partial charge on any atom is 0.0618 e. The van der Waals surface area contributed by atoms with E-state index in [1.54, 1.807) is 0 Å². The van der Waals surface area contributed by atoms with E-state index in [2.05, 4.69) is 46.9 Å². The Labute approximate surface area is 86.3 Å². The van der Waals surface area contributed by atoms with E-state index in [0.29, 0.717) is 0 Å². The molecule has 0 aromatic heterocycles. The van der Waals surface area contributed by atoms with Gasteiger partial charge >= 0.3 is 0 Å². The van der Waals surface area contributed by atoms with Crippen LogP contribution in [0.1, 0.15) is 12.5 Å². The highest BCUT2D eigenvalue weighted by Gasteiger charge is 1.93. The Kier molecular flexibility index (Phi) is 3.75. The van der Waals surface area contributed by atoms with Crippen molar-refractivity contribution < 1.29 is 5.11 Å². The molecule has 0 bridgehead atoms. The Morgan fingerprint density at radius 3 is 2.50 bits per heavy atom. The van der Waals surface area contributed by atoms with Crippen LogP contribution in [0.15, 0.2) is 30.3 Å². The van der Waals surface area contributed by atoms with E-state index >= 15 is 0 Å². The number of hydrogen-bond donors (Lipinski definition) is 1. The Balaban J connectivity index is 2.89. The summed E-state index contributed by atoms with van der Waals surface area (Å²) < 4.78 is 1.23. The summed E-state index contributed by atoms with van der Waals surface area (Å²) in [6.45, 7) is 2.11. The second-order valence-corrected chi connectivity index (χ2v) is 3.82. The van der Waals surface area contributed by atoms with Gasteiger partial charge in [0.15, 0.2) is 0 Å². The highest BCUT2D eigenvalue weighted by Crippen LogP contribution is 2.14. The molecule has 1 N–H and O–H groups in total. The van der Waals surface area contributed by atoms with Crippen LogP contribution in [-0.4, -0.2) is 11.7 Å². The van der Waals surface area contributed by atoms with Gasteiger partial charge < -0.3 is 5.11 Å². The lowest BCUT2D eigenvalue weighted by Crippen LogP contribution is -1.82. The molecule has 0 aliphatic carbocycles. The van der Waals surface area contributed by atoms with Crippen LogP contribution >= 0.6 is 22.6 Å². The van der Waals surface area contributed by atoms with E-state index < -0.39 is 0 Å². The molecule has 1 rings (SSSR count). The van der Waals surface area contributed by atoms with Gasteiger partial charge in [-0.25, -0.2) is 0 Å². The Hall–Kier alpha value is -0.350. The van der Waals surface area contributed by atoms with Gasteiger partial charge in [-0.3, -0.25) is 0 Å². The number of hydrogen-bond acceptors (Lipinski definition) is 1. The van der Waals surface area contributed by atoms with Gasteiger partial charge in [0, 0.05) is 3.57 Å². The Bertz CT molecular complexity index is 274. The molecule has 1 nitrogen and oxygen atoms in total. The number of aliphatic hydroxyl groups is 1. The van der Waals surface area contributed by atoms with Crippen molar-refractivity contribution in [1.82, 2.24) is 0 Å². The zero-order valence-corrected chi connectivity index (χ0v) is 9.08. The summed E-state index contributed by atoms with van der Waals surface area (Å²) in [5.74, 6) is 0. The van der Waals surface area contributed by atoms with E-state index in [0.717, 1.165) is 5.57 Å². The second kappa shape index (κ2) is 4.62. The molecule has 0 spiro atoms. The molecule has 1 aromatic carbocycles. The minimum Gasteiger partial charge on any atom is -0.392 e. The molecule has 0 amide bonds. The van der Waals surface area contributed by atoms with Gasteiger partial charge in [-0.1, -0.05) is 18.2 Å². The van der Waals surface area contributed by atoms with Crippen LogP contribution in [0.5, 0.6) is 0 Å². The summed E-state index contributed by atoms with van der Waals surface area (Å²) in [6, 6.07) is 8.24. The standard InChI is InChI=1S/C10H11IO/c1-8(6-7-12)9-2-4-10(11)5-3-9/h2-6,12H,7H2,1H3. The first-order chi connectivity index (χ1) is 5.74. The summed E-state index contributed by atoms with van der Waals surface area (Å²) in [7, 11) is 0. The maximum absolute atomic E-state index is 8.67. The summed E-state index contributed by atoms with van der Waals surface area (Å²) >= 11 is 2.27. The fourth-order valence-electron chi connectivity index (χ4n) is 0.968. The van der Waals surface area contributed by atoms with Gasteiger partial charge in [-0.15, -0.1) is 0 Å². The maximum atomic E-state index is 8.67. The summed E-state index contributed by atoms with van der Waals surface area (Å²) in [5, 5.41) is 8.67. The first kappa shape index (κ1) is 9.74. The summed E-state index contributed by atoms with van der Waals surface area (Å²) in [4.78, 5) is 0. The van der Waals surface area contributed by atoms with Crippen molar-refractivity contribution in [3.63, 3.8) is 0 Å². The van der Waals surface area contributed by atoms with E-state index in [4.69, 9.17) is 5.11 Å². The van der Waals surface area contributed by atoms with Crippen LogP contribution in [0.4, 0.5) is 0 Å². The molecule has 0 saturated heterocycles. The van der Waals surface area contributed by atoms with Gasteiger partial charge in [0.05, 0.1) is 6.61 Å². The molecule has 0 radical (unpaired) electrons. The predicted octanol–water partition coefficient (Wildman–Crippen LogP) is 2.69. The van der Waals surface area contributed by atoms with E-state index in [1.165, 1.54) is 9.13 Å². The number of aliphatic hydroxyl groups excluding tert-OH is 1. The molecule has 12 heavy (non-hydrogen) atoms. The van der Waals surface area contributed by atoms with Crippen molar-refractivity contribution in [3.05, 3.63) is 39.5 Å². The first-order valence-electron chi connectivity index (χ1n) is 3.77. The van der Waals surface area contributed by atoms with Crippen molar-refractivity contribution >= 4 is 28.2 Å². The van der Waals surface area contributed by atoms with Crippen LogP contribution in [-0.2, 0) is 0 Å². The largest absolute Gasteiger partial charge is 0.392 e. The normalized spacial score (nSPS) is 11.8. The molecule has 0 atom stereocenters. The summed E-state index contributed by atoms with van der Waals surface area (Å²) in [5.41, 5.74) is 2.29. The lowest BCUT2D eigenvalue weighted by molar-refractivity contribution is 0.343. The molecule has 64 valence electrons. The van der Waals surface area contributed by atoms with E-state index in [1.807, 2.05) is 13.0 Å². The van der Waals surface area contributed by atoms with Crippen LogP contribution in [0.3, 0.4) is 0 Å². The molecule has 1 aromatic rings. The molecule has 0 heterocycles. The Morgan fingerprint density at radius 1 is 1.42 bits per heavy atom. The smallest absolute Gasteiger partial charge is 0.0618 e. The average Bonchev–Trinajstić information content (AvgIpc) is 2.06. The number of rotatable bonds is 2. The topological polar surface area (TPSA) is 20.2 Å². The lowest BCUT2D eigenvalue weighted by Gasteiger charge is -2.00. The van der Waals surface area contributed by atoms with Crippen molar-refractivity contribution in [2.45, 2.75) is 6.92 Å². The van der Waals surface area contributed by atoms with Gasteiger partial charge in [0.25, 0.3) is 0 Å². The Morgan fingerprint density at radius 2 is 2.00 bits per heavy atom. The molecule has 0 aliphatic rings. The highest BCUT2D eigenvalue weighted by atomic mass is 127. The highest BCUT2D eigenvalue weighted by molar-refractivity contribution is 14.1. The zero-order valence-electron chi connectivity index (χ0n) is 6.92. The van der Waals surface area contributed by atoms with Gasteiger partial charge in [-0.2, -0.15) is 0 Å². The fraction of sp³-hybridized carbons (Fsp3) is 0.200. The lowest BCUT2D eigenvalue weighted by atomic mass is 10.1.